The highest BCUT2D eigenvalue weighted by Crippen LogP contribution is 2.43. The lowest BCUT2D eigenvalue weighted by atomic mass is 10.0. The molecule has 0 fully saturated rings. The van der Waals surface area contributed by atoms with Crippen LogP contribution in [0, 0.1) is 0 Å². The highest BCUT2D eigenvalue weighted by Gasteiger charge is 2.27. The third-order valence-electron chi connectivity index (χ3n) is 14.2. The zero-order chi connectivity index (χ0) is 57.7. The number of hydrogen-bond acceptors (Lipinski definition) is 7. The van der Waals surface area contributed by atoms with Crippen molar-refractivity contribution < 1.29 is 42.1 Å². The van der Waals surface area contributed by atoms with Crippen molar-refractivity contribution in [2.24, 2.45) is 0 Å². The Morgan fingerprint density at radius 2 is 0.722 bits per heavy atom. The van der Waals surface area contributed by atoms with Crippen LogP contribution in [0.2, 0.25) is 0 Å². The van der Waals surface area contributed by atoms with Crippen molar-refractivity contribution in [3.05, 3.63) is 85.1 Å². The molecule has 2 atom stereocenters. The highest BCUT2D eigenvalue weighted by atomic mass is 31.2. The van der Waals surface area contributed by atoms with Gasteiger partial charge in [-0.3, -0.25) is 18.6 Å². The number of allylic oxidation sites excluding steroid dienone is 14. The van der Waals surface area contributed by atoms with E-state index >= 15 is 0 Å². The molecule has 79 heavy (non-hydrogen) atoms. The molecule has 0 spiro atoms. The van der Waals surface area contributed by atoms with Gasteiger partial charge in [-0.25, -0.2) is 4.57 Å². The molecule has 0 aliphatic carbocycles. The zero-order valence-corrected chi connectivity index (χ0v) is 53.0. The molecule has 0 saturated heterocycles. The summed E-state index contributed by atoms with van der Waals surface area (Å²) in [7, 11) is 1.46. The van der Waals surface area contributed by atoms with E-state index in [4.69, 9.17) is 18.5 Å². The fraction of sp³-hybridized carbons (Fsp3) is 0.768. The van der Waals surface area contributed by atoms with E-state index in [1.54, 1.807) is 0 Å². The van der Waals surface area contributed by atoms with Crippen LogP contribution >= 0.6 is 7.82 Å². The van der Waals surface area contributed by atoms with E-state index in [-0.39, 0.29) is 32.0 Å². The second-order valence-corrected chi connectivity index (χ2v) is 24.6. The van der Waals surface area contributed by atoms with Crippen LogP contribution in [0.4, 0.5) is 0 Å². The van der Waals surface area contributed by atoms with Crippen LogP contribution in [-0.4, -0.2) is 74.9 Å². The summed E-state index contributed by atoms with van der Waals surface area (Å²) in [6.45, 7) is 4.33. The summed E-state index contributed by atoms with van der Waals surface area (Å²) >= 11 is 0. The minimum absolute atomic E-state index is 0.0248. The van der Waals surface area contributed by atoms with E-state index in [2.05, 4.69) is 98.9 Å². The first-order valence-electron chi connectivity index (χ1n) is 32.8. The molecule has 0 heterocycles. The first-order valence-corrected chi connectivity index (χ1v) is 34.3. The number of phosphoric acid groups is 1. The maximum atomic E-state index is 12.8. The number of phosphoric ester groups is 1. The molecular weight excluding hydrogens is 1000 g/mol. The van der Waals surface area contributed by atoms with Gasteiger partial charge in [-0.1, -0.05) is 292 Å². The Morgan fingerprint density at radius 1 is 0.405 bits per heavy atom. The summed E-state index contributed by atoms with van der Waals surface area (Å²) in [6, 6.07) is 0. The van der Waals surface area contributed by atoms with Crippen molar-refractivity contribution in [1.82, 2.24) is 0 Å². The molecule has 10 heteroatoms. The fourth-order valence-corrected chi connectivity index (χ4v) is 9.92. The highest BCUT2D eigenvalue weighted by molar-refractivity contribution is 7.47. The number of unbranched alkanes of at least 4 members (excludes halogenated alkanes) is 32. The van der Waals surface area contributed by atoms with Crippen molar-refractivity contribution >= 4 is 19.8 Å². The number of esters is 2. The number of quaternary nitrogens is 1. The van der Waals surface area contributed by atoms with Gasteiger partial charge in [0.15, 0.2) is 6.10 Å². The van der Waals surface area contributed by atoms with Crippen LogP contribution < -0.4 is 0 Å². The normalized spacial score (nSPS) is 13.7. The summed E-state index contributed by atoms with van der Waals surface area (Å²) in [5.74, 6) is -0.813. The van der Waals surface area contributed by atoms with Crippen LogP contribution in [0.5, 0.6) is 0 Å². The average molecular weight is 1130 g/mol. The van der Waals surface area contributed by atoms with Crippen LogP contribution in [0.25, 0.3) is 0 Å². The largest absolute Gasteiger partial charge is 0.472 e. The molecule has 0 aliphatic rings. The Hall–Kier alpha value is -2.81. The Kier molecular flexibility index (Phi) is 57.7. The van der Waals surface area contributed by atoms with Gasteiger partial charge in [0, 0.05) is 12.8 Å². The summed E-state index contributed by atoms with van der Waals surface area (Å²) in [5, 5.41) is 0. The first-order chi connectivity index (χ1) is 38.5. The lowest BCUT2D eigenvalue weighted by Crippen LogP contribution is -2.37. The lowest BCUT2D eigenvalue weighted by molar-refractivity contribution is -0.870. The van der Waals surface area contributed by atoms with Crippen LogP contribution in [0.1, 0.15) is 290 Å². The van der Waals surface area contributed by atoms with Crippen molar-refractivity contribution in [3.8, 4) is 0 Å². The standard InChI is InChI=1S/C69H124NO8P/c1-6-8-10-12-14-16-18-20-22-24-26-28-30-32-34-36-37-39-41-43-45-47-49-51-53-55-57-59-61-68(71)75-65-67(66-77-79(73,74)76-64-63-70(3,4)5)78-69(72)62-60-58-56-54-52-50-48-46-44-42-40-38-35-33-31-29-27-25-23-21-19-17-15-13-11-9-7-2/h9,11,15,17,21,23,27,29,33,35,40,42,46,48,67H,6-8,10,12-14,16,18-20,22,24-26,28,30-32,34,36-39,41,43-45,47,49-66H2,1-5H3/p+1/b11-9-,17-15-,23-21-,29-27-,35-33-,42-40-,48-46-. The molecule has 0 aliphatic heterocycles. The van der Waals surface area contributed by atoms with E-state index in [1.807, 2.05) is 21.1 Å². The van der Waals surface area contributed by atoms with Gasteiger partial charge in [0.2, 0.25) is 0 Å². The quantitative estimate of drug-likeness (QED) is 0.0211. The van der Waals surface area contributed by atoms with E-state index in [1.165, 1.54) is 161 Å². The maximum absolute atomic E-state index is 12.8. The Balaban J connectivity index is 4.13. The molecule has 0 amide bonds. The average Bonchev–Trinajstić information content (AvgIpc) is 3.41. The molecule has 0 rings (SSSR count). The van der Waals surface area contributed by atoms with Gasteiger partial charge in [-0.05, 0) is 70.6 Å². The fourth-order valence-electron chi connectivity index (χ4n) is 9.17. The molecule has 0 aromatic carbocycles. The van der Waals surface area contributed by atoms with Gasteiger partial charge >= 0.3 is 19.8 Å². The molecule has 0 aromatic rings. The molecule has 2 unspecified atom stereocenters. The molecule has 0 aromatic heterocycles. The van der Waals surface area contributed by atoms with Gasteiger partial charge in [-0.15, -0.1) is 0 Å². The lowest BCUT2D eigenvalue weighted by Gasteiger charge is -2.24. The van der Waals surface area contributed by atoms with Crippen molar-refractivity contribution in [2.45, 2.75) is 296 Å². The maximum Gasteiger partial charge on any atom is 0.472 e. The Morgan fingerprint density at radius 3 is 1.08 bits per heavy atom. The number of carbonyl (C=O) groups excluding carboxylic acids is 2. The number of likely N-dealkylation sites (N-methyl/N-ethyl adjacent to an activating group) is 1. The number of nitrogens with zero attached hydrogens (tertiary/aromatic N) is 1. The number of hydrogen-bond donors (Lipinski definition) is 1. The van der Waals surface area contributed by atoms with Gasteiger partial charge in [-0.2, -0.15) is 0 Å². The molecule has 1 N–H and O–H groups in total. The monoisotopic (exact) mass is 1130 g/mol. The van der Waals surface area contributed by atoms with E-state index < -0.39 is 26.5 Å². The molecular formula is C69H125NO8P+. The van der Waals surface area contributed by atoms with Crippen LogP contribution in [0.3, 0.4) is 0 Å². The van der Waals surface area contributed by atoms with Gasteiger partial charge in [0.1, 0.15) is 19.8 Å². The van der Waals surface area contributed by atoms with Gasteiger partial charge < -0.3 is 18.9 Å². The van der Waals surface area contributed by atoms with E-state index in [0.717, 1.165) is 96.3 Å². The number of ether oxygens (including phenoxy) is 2. The summed E-state index contributed by atoms with van der Waals surface area (Å²) in [4.78, 5) is 35.8. The smallest absolute Gasteiger partial charge is 0.462 e. The third kappa shape index (κ3) is 64.2. The molecule has 0 bridgehead atoms. The topological polar surface area (TPSA) is 108 Å². The van der Waals surface area contributed by atoms with Crippen molar-refractivity contribution in [1.29, 1.82) is 0 Å². The predicted octanol–water partition coefficient (Wildman–Crippen LogP) is 21.0. The van der Waals surface area contributed by atoms with Crippen molar-refractivity contribution in [2.75, 3.05) is 47.5 Å². The summed E-state index contributed by atoms with van der Waals surface area (Å²) in [6.07, 6.45) is 81.0. The molecule has 0 saturated carbocycles. The Labute approximate surface area is 488 Å². The van der Waals surface area contributed by atoms with Gasteiger partial charge in [0.25, 0.3) is 0 Å². The first kappa shape index (κ1) is 76.2. The SMILES string of the molecule is CC/C=C\C/C=C\C/C=C\C/C=C\C/C=C\C/C=C\C/C=C\CCCCCCCC(=O)OC(COC(=O)CCCCCCCCCCCCCCCCCCCCCCCCCCCCCC)COP(=O)(O)OCC[N+](C)(C)C. The van der Waals surface area contributed by atoms with Crippen molar-refractivity contribution in [3.63, 3.8) is 0 Å². The minimum atomic E-state index is -4.40. The summed E-state index contributed by atoms with van der Waals surface area (Å²) < 4.78 is 34.6. The van der Waals surface area contributed by atoms with Gasteiger partial charge in [0.05, 0.1) is 27.7 Å². The number of carbonyl (C=O) groups is 2. The third-order valence-corrected chi connectivity index (χ3v) is 15.2. The summed E-state index contributed by atoms with van der Waals surface area (Å²) in [5.41, 5.74) is 0. The zero-order valence-electron chi connectivity index (χ0n) is 52.1. The van der Waals surface area contributed by atoms with E-state index in [0.29, 0.717) is 17.4 Å². The van der Waals surface area contributed by atoms with Crippen LogP contribution in [-0.2, 0) is 32.7 Å². The predicted molar refractivity (Wildman–Crippen MR) is 339 cm³/mol. The molecule has 9 nitrogen and oxygen atoms in total. The molecule has 458 valence electrons. The second kappa shape index (κ2) is 59.8. The molecule has 0 radical (unpaired) electrons. The van der Waals surface area contributed by atoms with Crippen LogP contribution in [0.15, 0.2) is 85.1 Å². The minimum Gasteiger partial charge on any atom is -0.462 e. The Bertz CT molecular complexity index is 1610. The van der Waals surface area contributed by atoms with E-state index in [9.17, 15) is 19.0 Å². The second-order valence-electron chi connectivity index (χ2n) is 23.1. The number of rotatable bonds is 60.